The molecule has 1 aliphatic rings. The zero-order valence-corrected chi connectivity index (χ0v) is 13.5. The molecular weight excluding hydrogens is 322 g/mol. The molecule has 0 spiro atoms. The fourth-order valence-corrected chi connectivity index (χ4v) is 3.67. The van der Waals surface area contributed by atoms with Crippen molar-refractivity contribution in [1.82, 2.24) is 14.5 Å². The first-order chi connectivity index (χ1) is 11.9. The van der Waals surface area contributed by atoms with Crippen LogP contribution >= 0.6 is 11.3 Å². The third-order valence-corrected chi connectivity index (χ3v) is 4.89. The molecule has 2 aromatic heterocycles. The van der Waals surface area contributed by atoms with Crippen LogP contribution in [0.5, 0.6) is 5.75 Å². The molecule has 0 atom stereocenters. The summed E-state index contributed by atoms with van der Waals surface area (Å²) < 4.78 is 12.9. The Morgan fingerprint density at radius 1 is 1.12 bits per heavy atom. The van der Waals surface area contributed by atoms with E-state index in [1.54, 1.807) is 11.3 Å². The summed E-state index contributed by atoms with van der Waals surface area (Å²) in [6, 6.07) is 14.2. The van der Waals surface area contributed by atoms with E-state index in [1.807, 2.05) is 35.2 Å². The fourth-order valence-electron chi connectivity index (χ4n) is 2.85. The number of hydrogen-bond donors (Lipinski definition) is 0. The second kappa shape index (κ2) is 5.43. The van der Waals surface area contributed by atoms with E-state index in [4.69, 9.17) is 14.5 Å². The molecule has 4 aromatic rings. The number of imidazole rings is 1. The number of rotatable bonds is 2. The second-order valence-corrected chi connectivity index (χ2v) is 6.39. The summed E-state index contributed by atoms with van der Waals surface area (Å²) in [6.45, 7) is 0.857. The van der Waals surface area contributed by atoms with E-state index in [0.29, 0.717) is 13.4 Å². The molecule has 5 rings (SSSR count). The van der Waals surface area contributed by atoms with Gasteiger partial charge in [0.25, 0.3) is 0 Å². The van der Waals surface area contributed by atoms with Crippen LogP contribution in [0.15, 0.2) is 54.2 Å². The van der Waals surface area contributed by atoms with E-state index >= 15 is 0 Å². The van der Waals surface area contributed by atoms with Crippen molar-refractivity contribution in [2.75, 3.05) is 6.79 Å². The first-order valence-corrected chi connectivity index (χ1v) is 8.48. The van der Waals surface area contributed by atoms with Crippen LogP contribution in [0.4, 0.5) is 0 Å². The maximum Gasteiger partial charge on any atom is 0.195 e. The van der Waals surface area contributed by atoms with Crippen molar-refractivity contribution in [3.05, 3.63) is 59.7 Å². The minimum absolute atomic E-state index is 0.298. The molecule has 3 heterocycles. The second-order valence-electron chi connectivity index (χ2n) is 5.56. The molecule has 0 saturated carbocycles. The first kappa shape index (κ1) is 13.7. The molecule has 0 amide bonds. The van der Waals surface area contributed by atoms with Gasteiger partial charge in [0.2, 0.25) is 0 Å². The average molecular weight is 335 g/mol. The van der Waals surface area contributed by atoms with Gasteiger partial charge in [-0.1, -0.05) is 30.3 Å². The van der Waals surface area contributed by atoms with E-state index in [1.165, 1.54) is 0 Å². The Balaban J connectivity index is 1.61. The van der Waals surface area contributed by atoms with Crippen molar-refractivity contribution in [3.63, 3.8) is 0 Å². The van der Waals surface area contributed by atoms with E-state index in [2.05, 4.69) is 28.6 Å². The van der Waals surface area contributed by atoms with Crippen LogP contribution in [-0.4, -0.2) is 21.3 Å². The predicted molar refractivity (Wildman–Crippen MR) is 92.5 cm³/mol. The molecule has 0 bridgehead atoms. The van der Waals surface area contributed by atoms with Crippen LogP contribution in [0, 0.1) is 0 Å². The highest BCUT2D eigenvalue weighted by atomic mass is 32.1. The Morgan fingerprint density at radius 2 is 2.04 bits per heavy atom. The highest BCUT2D eigenvalue weighted by molar-refractivity contribution is 7.12. The molecular formula is C18H13N3O2S. The summed E-state index contributed by atoms with van der Waals surface area (Å²) >= 11 is 1.60. The van der Waals surface area contributed by atoms with Gasteiger partial charge in [0.15, 0.2) is 11.9 Å². The monoisotopic (exact) mass is 335 g/mol. The molecule has 5 nitrogen and oxygen atoms in total. The van der Waals surface area contributed by atoms with Gasteiger partial charge < -0.3 is 9.47 Å². The van der Waals surface area contributed by atoms with Crippen LogP contribution in [0.25, 0.3) is 27.4 Å². The van der Waals surface area contributed by atoms with Crippen molar-refractivity contribution in [2.24, 2.45) is 0 Å². The first-order valence-electron chi connectivity index (χ1n) is 7.60. The quantitative estimate of drug-likeness (QED) is 0.555. The number of ether oxygens (including phenoxy) is 2. The van der Waals surface area contributed by atoms with Crippen LogP contribution in [0.3, 0.4) is 0 Å². The lowest BCUT2D eigenvalue weighted by Crippen LogP contribution is -2.11. The van der Waals surface area contributed by atoms with Gasteiger partial charge in [0.05, 0.1) is 23.3 Å². The van der Waals surface area contributed by atoms with E-state index in [-0.39, 0.29) is 0 Å². The van der Waals surface area contributed by atoms with Gasteiger partial charge in [-0.25, -0.2) is 9.97 Å². The van der Waals surface area contributed by atoms with E-state index in [9.17, 15) is 0 Å². The standard InChI is InChI=1S/C18H13N3O2S/c1-2-4-12(5-3-1)15-9-24-18(20-15)21-10-19-14-7-17-13(6-16(14)21)8-22-11-23-17/h1-7,9-10H,8,11H2. The smallest absolute Gasteiger partial charge is 0.195 e. The molecule has 6 heteroatoms. The molecule has 24 heavy (non-hydrogen) atoms. The number of hydrogen-bond acceptors (Lipinski definition) is 5. The number of nitrogens with zero attached hydrogens (tertiary/aromatic N) is 3. The van der Waals surface area contributed by atoms with E-state index in [0.717, 1.165) is 38.7 Å². The fraction of sp³-hybridized carbons (Fsp3) is 0.111. The Labute approximate surface area is 142 Å². The molecule has 0 unspecified atom stereocenters. The van der Waals surface area contributed by atoms with Gasteiger partial charge in [-0.15, -0.1) is 11.3 Å². The van der Waals surface area contributed by atoms with Gasteiger partial charge in [-0.05, 0) is 6.07 Å². The van der Waals surface area contributed by atoms with Crippen LogP contribution in [-0.2, 0) is 11.3 Å². The van der Waals surface area contributed by atoms with E-state index < -0.39 is 0 Å². The predicted octanol–water partition coefficient (Wildman–Crippen LogP) is 4.02. The average Bonchev–Trinajstić information content (AvgIpc) is 3.27. The van der Waals surface area contributed by atoms with Crippen molar-refractivity contribution in [2.45, 2.75) is 6.61 Å². The lowest BCUT2D eigenvalue weighted by molar-refractivity contribution is -0.0161. The summed E-state index contributed by atoms with van der Waals surface area (Å²) in [7, 11) is 0. The molecule has 0 fully saturated rings. The van der Waals surface area contributed by atoms with Crippen molar-refractivity contribution in [1.29, 1.82) is 0 Å². The molecule has 2 aromatic carbocycles. The number of aromatic nitrogens is 3. The van der Waals surface area contributed by atoms with Crippen molar-refractivity contribution < 1.29 is 9.47 Å². The number of benzene rings is 2. The van der Waals surface area contributed by atoms with Crippen molar-refractivity contribution >= 4 is 22.4 Å². The Hall–Kier alpha value is -2.70. The Morgan fingerprint density at radius 3 is 2.96 bits per heavy atom. The number of fused-ring (bicyclic) bond motifs is 2. The summed E-state index contributed by atoms with van der Waals surface area (Å²) in [4.78, 5) is 9.26. The Kier molecular flexibility index (Phi) is 3.11. The molecule has 0 N–H and O–H groups in total. The molecule has 0 aliphatic carbocycles. The zero-order valence-electron chi connectivity index (χ0n) is 12.7. The largest absolute Gasteiger partial charge is 0.467 e. The minimum Gasteiger partial charge on any atom is -0.467 e. The molecule has 118 valence electrons. The zero-order chi connectivity index (χ0) is 15.9. The topological polar surface area (TPSA) is 49.2 Å². The number of thiazole rings is 1. The minimum atomic E-state index is 0.298. The summed E-state index contributed by atoms with van der Waals surface area (Å²) in [5.74, 6) is 0.850. The molecule has 0 saturated heterocycles. The van der Waals surface area contributed by atoms with Crippen LogP contribution in [0.2, 0.25) is 0 Å². The third kappa shape index (κ3) is 2.19. The summed E-state index contributed by atoms with van der Waals surface area (Å²) in [6.07, 6.45) is 1.81. The van der Waals surface area contributed by atoms with Gasteiger partial charge in [-0.2, -0.15) is 0 Å². The maximum atomic E-state index is 5.52. The van der Waals surface area contributed by atoms with Gasteiger partial charge in [-0.3, -0.25) is 4.57 Å². The van der Waals surface area contributed by atoms with Gasteiger partial charge in [0.1, 0.15) is 12.1 Å². The Bertz CT molecular complexity index is 1020. The third-order valence-electron chi connectivity index (χ3n) is 4.05. The highest BCUT2D eigenvalue weighted by Crippen LogP contribution is 2.31. The lowest BCUT2D eigenvalue weighted by atomic mass is 10.2. The lowest BCUT2D eigenvalue weighted by Gasteiger charge is -2.17. The van der Waals surface area contributed by atoms with Gasteiger partial charge >= 0.3 is 0 Å². The van der Waals surface area contributed by atoms with Crippen molar-refractivity contribution in [3.8, 4) is 22.1 Å². The summed E-state index contributed by atoms with van der Waals surface area (Å²) in [5, 5.41) is 2.97. The van der Waals surface area contributed by atoms with Crippen LogP contribution < -0.4 is 4.74 Å². The highest BCUT2D eigenvalue weighted by Gasteiger charge is 2.16. The molecule has 0 radical (unpaired) electrons. The van der Waals surface area contributed by atoms with Crippen LogP contribution in [0.1, 0.15) is 5.56 Å². The SMILES string of the molecule is c1ccc(-c2csc(-n3cnc4cc5c(cc43)COCO5)n2)cc1. The maximum absolute atomic E-state index is 5.52. The summed E-state index contributed by atoms with van der Waals surface area (Å²) in [5.41, 5.74) is 5.03. The molecule has 1 aliphatic heterocycles. The van der Waals surface area contributed by atoms with Gasteiger partial charge in [0, 0.05) is 22.6 Å². The normalized spacial score (nSPS) is 13.7.